The van der Waals surface area contributed by atoms with Gasteiger partial charge in [0.25, 0.3) is 0 Å². The molecule has 2 rings (SSSR count). The van der Waals surface area contributed by atoms with Crippen LogP contribution in [-0.4, -0.2) is 19.1 Å². The van der Waals surface area contributed by atoms with Gasteiger partial charge in [-0.25, -0.2) is 9.97 Å². The van der Waals surface area contributed by atoms with E-state index in [1.807, 2.05) is 0 Å². The minimum atomic E-state index is 0.315. The van der Waals surface area contributed by atoms with Crippen LogP contribution in [0, 0.1) is 0 Å². The summed E-state index contributed by atoms with van der Waals surface area (Å²) in [5.74, 6) is 0. The van der Waals surface area contributed by atoms with Gasteiger partial charge < -0.3 is 9.13 Å². The van der Waals surface area contributed by atoms with E-state index in [0.717, 1.165) is 6.42 Å². The van der Waals surface area contributed by atoms with E-state index < -0.39 is 0 Å². The van der Waals surface area contributed by atoms with E-state index in [4.69, 9.17) is 46.4 Å². The molecule has 0 aliphatic carbocycles. The number of aryl methyl sites for hydroxylation is 2. The highest BCUT2D eigenvalue weighted by atomic mass is 35.5. The topological polar surface area (TPSA) is 35.6 Å². The summed E-state index contributed by atoms with van der Waals surface area (Å²) in [5, 5.41) is 1.52. The van der Waals surface area contributed by atoms with Gasteiger partial charge in [-0.05, 0) is 6.42 Å². The Labute approximate surface area is 118 Å². The highest BCUT2D eigenvalue weighted by Gasteiger charge is 2.07. The van der Waals surface area contributed by atoms with Gasteiger partial charge >= 0.3 is 0 Å². The molecule has 0 saturated carbocycles. The first kappa shape index (κ1) is 13.0. The van der Waals surface area contributed by atoms with Crippen LogP contribution in [0.5, 0.6) is 0 Å². The van der Waals surface area contributed by atoms with E-state index >= 15 is 0 Å². The summed E-state index contributed by atoms with van der Waals surface area (Å²) in [6, 6.07) is 0. The molecule has 0 aliphatic rings. The smallest absolute Gasteiger partial charge is 0.166 e. The zero-order valence-corrected chi connectivity index (χ0v) is 11.6. The zero-order chi connectivity index (χ0) is 12.4. The van der Waals surface area contributed by atoms with Gasteiger partial charge in [0, 0.05) is 13.1 Å². The molecule has 8 heteroatoms. The highest BCUT2D eigenvalue weighted by Crippen LogP contribution is 2.21. The first-order chi connectivity index (χ1) is 8.09. The Morgan fingerprint density at radius 2 is 1.24 bits per heavy atom. The Morgan fingerprint density at radius 1 is 0.824 bits per heavy atom. The monoisotopic (exact) mass is 312 g/mol. The van der Waals surface area contributed by atoms with Crippen molar-refractivity contribution in [2.45, 2.75) is 19.5 Å². The van der Waals surface area contributed by atoms with Crippen molar-refractivity contribution in [2.24, 2.45) is 0 Å². The maximum Gasteiger partial charge on any atom is 0.166 e. The number of imidazole rings is 2. The quantitative estimate of drug-likeness (QED) is 0.861. The Hall–Kier alpha value is -0.420. The zero-order valence-electron chi connectivity index (χ0n) is 8.58. The van der Waals surface area contributed by atoms with E-state index in [1.54, 1.807) is 21.8 Å². The van der Waals surface area contributed by atoms with Crippen LogP contribution in [0.1, 0.15) is 6.42 Å². The summed E-state index contributed by atoms with van der Waals surface area (Å²) in [5.41, 5.74) is 0. The van der Waals surface area contributed by atoms with Crippen LogP contribution in [-0.2, 0) is 13.1 Å². The van der Waals surface area contributed by atoms with Gasteiger partial charge in [0.15, 0.2) is 10.3 Å². The molecule has 4 nitrogen and oxygen atoms in total. The van der Waals surface area contributed by atoms with Crippen LogP contribution in [0.15, 0.2) is 12.7 Å². The average molecular weight is 314 g/mol. The van der Waals surface area contributed by atoms with E-state index in [9.17, 15) is 0 Å². The minimum absolute atomic E-state index is 0.315. The molecule has 0 aliphatic heterocycles. The van der Waals surface area contributed by atoms with Gasteiger partial charge in [0.1, 0.15) is 10.3 Å². The third kappa shape index (κ3) is 2.88. The second-order valence-corrected chi connectivity index (χ2v) is 4.82. The molecule has 0 unspecified atom stereocenters. The van der Waals surface area contributed by atoms with Crippen molar-refractivity contribution in [1.29, 1.82) is 0 Å². The summed E-state index contributed by atoms with van der Waals surface area (Å²) >= 11 is 23.3. The lowest BCUT2D eigenvalue weighted by Crippen LogP contribution is -2.02. The molecule has 0 amide bonds. The molecule has 0 atom stereocenters. The number of halogens is 4. The third-order valence-corrected chi connectivity index (χ3v) is 3.80. The van der Waals surface area contributed by atoms with Gasteiger partial charge in [-0.2, -0.15) is 0 Å². The number of hydrogen-bond acceptors (Lipinski definition) is 2. The Balaban J connectivity index is 1.92. The summed E-state index contributed by atoms with van der Waals surface area (Å²) in [7, 11) is 0. The van der Waals surface area contributed by atoms with Gasteiger partial charge in [-0.3, -0.25) is 0 Å². The maximum atomic E-state index is 5.93. The minimum Gasteiger partial charge on any atom is -0.320 e. The number of nitrogens with zero attached hydrogens (tertiary/aromatic N) is 4. The summed E-state index contributed by atoms with van der Waals surface area (Å²) in [4.78, 5) is 7.79. The van der Waals surface area contributed by atoms with Gasteiger partial charge in [0.05, 0.1) is 12.7 Å². The number of rotatable bonds is 4. The largest absolute Gasteiger partial charge is 0.320 e. The van der Waals surface area contributed by atoms with Crippen molar-refractivity contribution in [3.05, 3.63) is 33.3 Å². The molecule has 0 N–H and O–H groups in total. The van der Waals surface area contributed by atoms with Crippen LogP contribution in [0.4, 0.5) is 0 Å². The highest BCUT2D eigenvalue weighted by molar-refractivity contribution is 6.41. The third-order valence-electron chi connectivity index (χ3n) is 2.26. The van der Waals surface area contributed by atoms with Crippen LogP contribution in [0.3, 0.4) is 0 Å². The van der Waals surface area contributed by atoms with Crippen LogP contribution in [0.25, 0.3) is 0 Å². The fraction of sp³-hybridized carbons (Fsp3) is 0.333. The summed E-state index contributed by atoms with van der Waals surface area (Å²) < 4.78 is 3.55. The predicted octanol–water partition coefficient (Wildman–Crippen LogP) is 3.78. The van der Waals surface area contributed by atoms with E-state index in [-0.39, 0.29) is 0 Å². The Kier molecular flexibility index (Phi) is 4.20. The van der Waals surface area contributed by atoms with E-state index in [1.165, 1.54) is 0 Å². The van der Waals surface area contributed by atoms with E-state index in [0.29, 0.717) is 33.7 Å². The molecule has 0 radical (unpaired) electrons. The fourth-order valence-electron chi connectivity index (χ4n) is 1.41. The van der Waals surface area contributed by atoms with Crippen molar-refractivity contribution in [3.8, 4) is 0 Å². The lowest BCUT2D eigenvalue weighted by molar-refractivity contribution is 0.564. The van der Waals surface area contributed by atoms with Crippen molar-refractivity contribution in [3.63, 3.8) is 0 Å². The fourth-order valence-corrected chi connectivity index (χ4v) is 2.07. The average Bonchev–Trinajstić information content (AvgIpc) is 2.79. The standard InChI is InChI=1S/C9H8Cl4N4/c10-6-8(12)16(4-14-6)2-1-3-17-5-15-7(11)9(17)13/h4-5H,1-3H2. The lowest BCUT2D eigenvalue weighted by atomic mass is 10.4. The van der Waals surface area contributed by atoms with E-state index in [2.05, 4.69) is 9.97 Å². The van der Waals surface area contributed by atoms with Crippen molar-refractivity contribution in [2.75, 3.05) is 0 Å². The Bertz CT molecular complexity index is 473. The SMILES string of the molecule is Clc1ncn(CCCn2cnc(Cl)c2Cl)c1Cl. The maximum absolute atomic E-state index is 5.93. The molecule has 0 fully saturated rings. The van der Waals surface area contributed by atoms with Crippen LogP contribution < -0.4 is 0 Å². The molecular formula is C9H8Cl4N4. The normalized spacial score (nSPS) is 11.1. The molecule has 0 saturated heterocycles. The first-order valence-electron chi connectivity index (χ1n) is 4.82. The molecule has 2 aromatic heterocycles. The lowest BCUT2D eigenvalue weighted by Gasteiger charge is -2.05. The molecule has 92 valence electrons. The second kappa shape index (κ2) is 5.48. The molecule has 2 heterocycles. The molecule has 0 bridgehead atoms. The number of hydrogen-bond donors (Lipinski definition) is 0. The van der Waals surface area contributed by atoms with Crippen molar-refractivity contribution >= 4 is 46.4 Å². The van der Waals surface area contributed by atoms with Gasteiger partial charge in [0.2, 0.25) is 0 Å². The first-order valence-corrected chi connectivity index (χ1v) is 6.33. The van der Waals surface area contributed by atoms with Gasteiger partial charge in [-0.1, -0.05) is 46.4 Å². The second-order valence-electron chi connectivity index (χ2n) is 3.39. The molecule has 0 spiro atoms. The summed E-state index contributed by atoms with van der Waals surface area (Å²) in [6.45, 7) is 1.40. The predicted molar refractivity (Wildman–Crippen MR) is 69.1 cm³/mol. The van der Waals surface area contributed by atoms with Crippen LogP contribution in [0.2, 0.25) is 20.6 Å². The molecule has 0 aromatic carbocycles. The Morgan fingerprint density at radius 3 is 1.53 bits per heavy atom. The van der Waals surface area contributed by atoms with Crippen LogP contribution >= 0.6 is 46.4 Å². The van der Waals surface area contributed by atoms with Gasteiger partial charge in [-0.15, -0.1) is 0 Å². The molecular weight excluding hydrogens is 306 g/mol. The van der Waals surface area contributed by atoms with Crippen molar-refractivity contribution in [1.82, 2.24) is 19.1 Å². The molecule has 2 aromatic rings. The number of aromatic nitrogens is 4. The van der Waals surface area contributed by atoms with Crippen molar-refractivity contribution < 1.29 is 0 Å². The summed E-state index contributed by atoms with van der Waals surface area (Å²) in [6.07, 6.45) is 4.03. The molecule has 17 heavy (non-hydrogen) atoms.